The van der Waals surface area contributed by atoms with Crippen molar-refractivity contribution in [2.45, 2.75) is 11.7 Å². The number of amides is 1. The quantitative estimate of drug-likeness (QED) is 0.482. The van der Waals surface area contributed by atoms with E-state index in [1.807, 2.05) is 0 Å². The Morgan fingerprint density at radius 3 is 2.36 bits per heavy atom. The summed E-state index contributed by atoms with van der Waals surface area (Å²) in [5.74, 6) is -1.04. The maximum absolute atomic E-state index is 11.4. The molecule has 0 aliphatic rings. The van der Waals surface area contributed by atoms with Crippen LogP contribution in [0.2, 0.25) is 0 Å². The minimum Gasteiger partial charge on any atom is -0.345 e. The van der Waals surface area contributed by atoms with Crippen LogP contribution in [-0.2, 0) is 4.79 Å². The zero-order valence-corrected chi connectivity index (χ0v) is 6.04. The van der Waals surface area contributed by atoms with Crippen molar-refractivity contribution in [3.8, 4) is 0 Å². The van der Waals surface area contributed by atoms with E-state index in [1.165, 1.54) is 5.32 Å². The third-order valence-corrected chi connectivity index (χ3v) is 0.912. The molecule has 1 amide bonds. The summed E-state index contributed by atoms with van der Waals surface area (Å²) in [6.45, 7) is -1.41. The first-order valence-corrected chi connectivity index (χ1v) is 3.00. The summed E-state index contributed by atoms with van der Waals surface area (Å²) in [4.78, 5) is 10.3. The van der Waals surface area contributed by atoms with Crippen molar-refractivity contribution in [3.63, 3.8) is 0 Å². The fraction of sp³-hybridized carbons (Fsp3) is 0.750. The normalized spacial score (nSPS) is 14.3. The predicted octanol–water partition coefficient (Wildman–Crippen LogP) is 0.189. The molecule has 0 aliphatic heterocycles. The van der Waals surface area contributed by atoms with Crippen LogP contribution in [-0.4, -0.2) is 24.1 Å². The fourth-order valence-corrected chi connectivity index (χ4v) is 0.362. The van der Waals surface area contributed by atoms with Crippen molar-refractivity contribution < 1.29 is 18.0 Å². The van der Waals surface area contributed by atoms with Crippen molar-refractivity contribution in [2.75, 3.05) is 6.54 Å². The van der Waals surface area contributed by atoms with Crippen LogP contribution in [0, 0.1) is 0 Å². The van der Waals surface area contributed by atoms with E-state index >= 15 is 0 Å². The summed E-state index contributed by atoms with van der Waals surface area (Å²) in [5.41, 5.74) is 3.32. The Balaban J connectivity index is 3.64. The van der Waals surface area contributed by atoms with E-state index < -0.39 is 24.1 Å². The molecule has 0 rings (SSSR count). The Morgan fingerprint density at radius 1 is 1.64 bits per heavy atom. The maximum atomic E-state index is 11.4. The lowest BCUT2D eigenvalue weighted by molar-refractivity contribution is -0.138. The Bertz CT molecular complexity index is 147. The maximum Gasteiger partial charge on any atom is 0.405 e. The van der Waals surface area contributed by atoms with Gasteiger partial charge in [0.05, 0.1) is 0 Å². The Hall–Kier alpha value is -0.490. The third-order valence-electron chi connectivity index (χ3n) is 0.714. The number of nitrogens with one attached hydrogen (secondary N) is 1. The molecule has 1 atom stereocenters. The number of rotatable bonds is 2. The molecule has 11 heavy (non-hydrogen) atoms. The van der Waals surface area contributed by atoms with Gasteiger partial charge in [-0.25, -0.2) is 0 Å². The lowest BCUT2D eigenvalue weighted by Crippen LogP contribution is -2.41. The largest absolute Gasteiger partial charge is 0.405 e. The summed E-state index contributed by atoms with van der Waals surface area (Å²) in [5, 5.41) is 1.50. The number of halogens is 4. The SMILES string of the molecule is NC(Cl)C(=O)NCC(F)(F)F. The molecule has 1 unspecified atom stereocenters. The average molecular weight is 191 g/mol. The lowest BCUT2D eigenvalue weighted by Gasteiger charge is -2.08. The van der Waals surface area contributed by atoms with Crippen LogP contribution in [0.3, 0.4) is 0 Å². The highest BCUT2D eigenvalue weighted by Crippen LogP contribution is 2.12. The van der Waals surface area contributed by atoms with E-state index in [0.717, 1.165) is 0 Å². The molecular formula is C4H6ClF3N2O. The molecule has 0 saturated carbocycles. The van der Waals surface area contributed by atoms with Gasteiger partial charge in [-0.05, 0) is 0 Å². The summed E-state index contributed by atoms with van der Waals surface area (Å²) in [6, 6.07) is 0. The van der Waals surface area contributed by atoms with Gasteiger partial charge in [-0.1, -0.05) is 11.6 Å². The number of nitrogens with two attached hydrogens (primary N) is 1. The summed E-state index contributed by atoms with van der Waals surface area (Å²) >= 11 is 4.96. The molecule has 0 aliphatic carbocycles. The van der Waals surface area contributed by atoms with Gasteiger partial charge in [0.15, 0.2) is 5.50 Å². The van der Waals surface area contributed by atoms with E-state index in [-0.39, 0.29) is 0 Å². The van der Waals surface area contributed by atoms with Crippen molar-refractivity contribution >= 4 is 17.5 Å². The lowest BCUT2D eigenvalue weighted by atomic mass is 10.5. The Morgan fingerprint density at radius 2 is 2.09 bits per heavy atom. The zero-order valence-electron chi connectivity index (χ0n) is 5.28. The van der Waals surface area contributed by atoms with Crippen molar-refractivity contribution in [2.24, 2.45) is 5.73 Å². The topological polar surface area (TPSA) is 55.1 Å². The van der Waals surface area contributed by atoms with Gasteiger partial charge in [0, 0.05) is 0 Å². The number of carbonyl (C=O) groups excluding carboxylic acids is 1. The van der Waals surface area contributed by atoms with Gasteiger partial charge < -0.3 is 11.1 Å². The van der Waals surface area contributed by atoms with Crippen LogP contribution in [0.25, 0.3) is 0 Å². The van der Waals surface area contributed by atoms with Gasteiger partial charge in [-0.3, -0.25) is 4.79 Å². The number of carbonyl (C=O) groups is 1. The second-order valence-electron chi connectivity index (χ2n) is 1.73. The van der Waals surface area contributed by atoms with Crippen LogP contribution in [0.5, 0.6) is 0 Å². The molecule has 0 aromatic heterocycles. The Kier molecular flexibility index (Phi) is 3.61. The molecule has 0 aromatic carbocycles. The second kappa shape index (κ2) is 3.77. The highest BCUT2D eigenvalue weighted by atomic mass is 35.5. The van der Waals surface area contributed by atoms with E-state index in [0.29, 0.717) is 0 Å². The summed E-state index contributed by atoms with van der Waals surface area (Å²) in [6.07, 6.45) is -4.43. The molecule has 7 heteroatoms. The standard InChI is InChI=1S/C4H6ClF3N2O/c5-2(9)3(11)10-1-4(6,7)8/h2H,1,9H2,(H,10,11). The first-order valence-electron chi connectivity index (χ1n) is 2.57. The smallest absolute Gasteiger partial charge is 0.345 e. The first-order chi connectivity index (χ1) is 4.83. The number of hydrogen-bond donors (Lipinski definition) is 2. The van der Waals surface area contributed by atoms with E-state index in [2.05, 4.69) is 0 Å². The molecule has 0 bridgehead atoms. The van der Waals surface area contributed by atoms with Crippen LogP contribution in [0.15, 0.2) is 0 Å². The van der Waals surface area contributed by atoms with Crippen LogP contribution in [0.4, 0.5) is 13.2 Å². The number of hydrogen-bond acceptors (Lipinski definition) is 2. The van der Waals surface area contributed by atoms with Gasteiger partial charge in [0.25, 0.3) is 5.91 Å². The highest BCUT2D eigenvalue weighted by Gasteiger charge is 2.28. The second-order valence-corrected chi connectivity index (χ2v) is 2.20. The van der Waals surface area contributed by atoms with E-state index in [1.54, 1.807) is 0 Å². The molecule has 0 aromatic rings. The Labute approximate surface area is 65.7 Å². The minimum atomic E-state index is -4.43. The predicted molar refractivity (Wildman–Crippen MR) is 32.9 cm³/mol. The molecule has 3 N–H and O–H groups in total. The average Bonchev–Trinajstić information content (AvgIpc) is 1.80. The van der Waals surface area contributed by atoms with Crippen molar-refractivity contribution in [3.05, 3.63) is 0 Å². The molecule has 66 valence electrons. The molecule has 0 fully saturated rings. The zero-order chi connectivity index (χ0) is 9.07. The molecule has 0 saturated heterocycles. The molecule has 3 nitrogen and oxygen atoms in total. The van der Waals surface area contributed by atoms with Gasteiger partial charge >= 0.3 is 6.18 Å². The molecule has 0 heterocycles. The van der Waals surface area contributed by atoms with Crippen molar-refractivity contribution in [1.82, 2.24) is 5.32 Å². The molecule has 0 radical (unpaired) electrons. The minimum absolute atomic E-state index is 1.04. The van der Waals surface area contributed by atoms with Crippen LogP contribution >= 0.6 is 11.6 Å². The summed E-state index contributed by atoms with van der Waals surface area (Å²) in [7, 11) is 0. The third kappa shape index (κ3) is 5.93. The van der Waals surface area contributed by atoms with Gasteiger partial charge in [-0.15, -0.1) is 0 Å². The van der Waals surface area contributed by atoms with Gasteiger partial charge in [-0.2, -0.15) is 13.2 Å². The van der Waals surface area contributed by atoms with E-state index in [9.17, 15) is 18.0 Å². The molecule has 0 spiro atoms. The fourth-order valence-electron chi connectivity index (χ4n) is 0.285. The van der Waals surface area contributed by atoms with E-state index in [4.69, 9.17) is 17.3 Å². The van der Waals surface area contributed by atoms with Crippen molar-refractivity contribution in [1.29, 1.82) is 0 Å². The van der Waals surface area contributed by atoms with Crippen LogP contribution < -0.4 is 11.1 Å². The molecular weight excluding hydrogens is 185 g/mol. The first kappa shape index (κ1) is 10.5. The highest BCUT2D eigenvalue weighted by molar-refractivity contribution is 6.30. The van der Waals surface area contributed by atoms with Crippen LogP contribution in [0.1, 0.15) is 0 Å². The number of alkyl halides is 4. The van der Waals surface area contributed by atoms with Gasteiger partial charge in [0.1, 0.15) is 6.54 Å². The van der Waals surface area contributed by atoms with Gasteiger partial charge in [0.2, 0.25) is 0 Å². The monoisotopic (exact) mass is 190 g/mol. The summed E-state index contributed by atoms with van der Waals surface area (Å²) < 4.78 is 34.1.